The van der Waals surface area contributed by atoms with Gasteiger partial charge in [0.15, 0.2) is 5.16 Å². The first-order valence-corrected chi connectivity index (χ1v) is 9.79. The molecule has 0 saturated carbocycles. The van der Waals surface area contributed by atoms with Crippen molar-refractivity contribution >= 4 is 17.6 Å². The normalized spacial score (nSPS) is 11.1. The zero-order valence-corrected chi connectivity index (χ0v) is 16.6. The molecule has 1 aromatic carbocycles. The molecule has 0 unspecified atom stereocenters. The van der Waals surface area contributed by atoms with E-state index < -0.39 is 5.54 Å². The highest BCUT2D eigenvalue weighted by molar-refractivity contribution is 7.98. The van der Waals surface area contributed by atoms with Crippen molar-refractivity contribution in [3.05, 3.63) is 66.0 Å². The highest BCUT2D eigenvalue weighted by atomic mass is 32.2. The van der Waals surface area contributed by atoms with Gasteiger partial charge in [-0.2, -0.15) is 5.26 Å². The van der Waals surface area contributed by atoms with E-state index in [1.54, 1.807) is 18.5 Å². The van der Waals surface area contributed by atoms with Crippen LogP contribution in [0, 0.1) is 11.3 Å². The van der Waals surface area contributed by atoms with Crippen LogP contribution >= 0.6 is 11.8 Å². The molecular formula is C21H21N5OS. The van der Waals surface area contributed by atoms with Crippen molar-refractivity contribution in [3.63, 3.8) is 0 Å². The lowest BCUT2D eigenvalue weighted by molar-refractivity contribution is 0.233. The summed E-state index contributed by atoms with van der Waals surface area (Å²) in [6.07, 6.45) is 3.35. The maximum absolute atomic E-state index is 9.77. The summed E-state index contributed by atoms with van der Waals surface area (Å²) in [5.74, 6) is 1.12. The Morgan fingerprint density at radius 3 is 2.57 bits per heavy atom. The second kappa shape index (κ2) is 8.83. The summed E-state index contributed by atoms with van der Waals surface area (Å²) in [6.45, 7) is 3.59. The summed E-state index contributed by atoms with van der Waals surface area (Å²) < 4.78 is 0. The van der Waals surface area contributed by atoms with Crippen LogP contribution in [-0.4, -0.2) is 32.2 Å². The highest BCUT2D eigenvalue weighted by Crippen LogP contribution is 2.31. The van der Waals surface area contributed by atoms with E-state index in [4.69, 9.17) is 0 Å². The predicted molar refractivity (Wildman–Crippen MR) is 111 cm³/mol. The topological polar surface area (TPSA) is 94.7 Å². The summed E-state index contributed by atoms with van der Waals surface area (Å²) in [7, 11) is 0. The third-order valence-electron chi connectivity index (χ3n) is 4.00. The Kier molecular flexibility index (Phi) is 6.24. The molecule has 0 spiro atoms. The smallest absolute Gasteiger partial charge is 0.190 e. The van der Waals surface area contributed by atoms with Gasteiger partial charge in [0, 0.05) is 23.7 Å². The first-order chi connectivity index (χ1) is 13.5. The molecule has 3 rings (SSSR count). The quantitative estimate of drug-likeness (QED) is 0.466. The van der Waals surface area contributed by atoms with Crippen LogP contribution in [0.1, 0.15) is 25.0 Å². The first kappa shape index (κ1) is 19.8. The zero-order valence-electron chi connectivity index (χ0n) is 15.8. The van der Waals surface area contributed by atoms with Crippen molar-refractivity contribution in [3.8, 4) is 17.3 Å². The molecule has 0 saturated heterocycles. The van der Waals surface area contributed by atoms with E-state index in [1.807, 2.05) is 50.2 Å². The number of aromatic nitrogens is 3. The number of aliphatic hydroxyl groups is 1. The summed E-state index contributed by atoms with van der Waals surface area (Å²) >= 11 is 1.49. The number of nitriles is 1. The molecule has 0 aliphatic carbocycles. The summed E-state index contributed by atoms with van der Waals surface area (Å²) in [5.41, 5.74) is 2.13. The number of pyridine rings is 1. The molecule has 6 nitrogen and oxygen atoms in total. The van der Waals surface area contributed by atoms with Gasteiger partial charge >= 0.3 is 0 Å². The van der Waals surface area contributed by atoms with Crippen molar-refractivity contribution in [2.45, 2.75) is 30.3 Å². The minimum absolute atomic E-state index is 0.101. The van der Waals surface area contributed by atoms with Gasteiger partial charge in [0.05, 0.1) is 17.8 Å². The molecule has 7 heteroatoms. The number of anilines is 1. The SMILES string of the molecule is CC(C)(CO)Nc1nc(SCc2ccccc2)nc(-c2cccnc2)c1C#N. The minimum atomic E-state index is -0.631. The Morgan fingerprint density at radius 2 is 1.93 bits per heavy atom. The summed E-state index contributed by atoms with van der Waals surface area (Å²) in [4.78, 5) is 13.3. The van der Waals surface area contributed by atoms with E-state index in [-0.39, 0.29) is 6.61 Å². The number of hydrogen-bond donors (Lipinski definition) is 2. The van der Waals surface area contributed by atoms with E-state index in [0.29, 0.717) is 28.0 Å². The number of nitrogens with zero attached hydrogens (tertiary/aromatic N) is 4. The molecule has 0 atom stereocenters. The van der Waals surface area contributed by atoms with Crippen LogP contribution in [0.2, 0.25) is 0 Å². The average Bonchev–Trinajstić information content (AvgIpc) is 2.73. The lowest BCUT2D eigenvalue weighted by Crippen LogP contribution is -2.35. The Bertz CT molecular complexity index is 971. The van der Waals surface area contributed by atoms with Crippen LogP contribution in [0.25, 0.3) is 11.3 Å². The van der Waals surface area contributed by atoms with Crippen molar-refractivity contribution in [2.24, 2.45) is 0 Å². The standard InChI is InChI=1S/C21H21N5OS/c1-21(2,14-27)26-19-17(11-22)18(16-9-6-10-23-12-16)24-20(25-19)28-13-15-7-4-3-5-8-15/h3-10,12,27H,13-14H2,1-2H3,(H,24,25,26). The van der Waals surface area contributed by atoms with Crippen LogP contribution in [0.5, 0.6) is 0 Å². The molecule has 0 bridgehead atoms. The highest BCUT2D eigenvalue weighted by Gasteiger charge is 2.22. The van der Waals surface area contributed by atoms with Gasteiger partial charge in [0.2, 0.25) is 0 Å². The number of nitrogens with one attached hydrogen (secondary N) is 1. The molecule has 28 heavy (non-hydrogen) atoms. The fourth-order valence-corrected chi connectivity index (χ4v) is 3.29. The van der Waals surface area contributed by atoms with Gasteiger partial charge in [-0.05, 0) is 31.5 Å². The third-order valence-corrected chi connectivity index (χ3v) is 4.92. The molecule has 0 fully saturated rings. The van der Waals surface area contributed by atoms with Gasteiger partial charge in [0.25, 0.3) is 0 Å². The molecule has 2 heterocycles. The number of hydrogen-bond acceptors (Lipinski definition) is 7. The Labute approximate surface area is 168 Å². The van der Waals surface area contributed by atoms with Gasteiger partial charge in [-0.25, -0.2) is 9.97 Å². The van der Waals surface area contributed by atoms with Crippen LogP contribution in [-0.2, 0) is 5.75 Å². The summed E-state index contributed by atoms with van der Waals surface area (Å²) in [6, 6.07) is 15.9. The molecular weight excluding hydrogens is 370 g/mol. The van der Waals surface area contributed by atoms with Gasteiger partial charge < -0.3 is 10.4 Å². The van der Waals surface area contributed by atoms with Crippen molar-refractivity contribution in [1.82, 2.24) is 15.0 Å². The predicted octanol–water partition coefficient (Wildman–Crippen LogP) is 3.89. The Hall–Kier alpha value is -2.95. The van der Waals surface area contributed by atoms with E-state index in [9.17, 15) is 10.4 Å². The first-order valence-electron chi connectivity index (χ1n) is 8.81. The van der Waals surface area contributed by atoms with Gasteiger partial charge in [-0.15, -0.1) is 0 Å². The fraction of sp³-hybridized carbons (Fsp3) is 0.238. The van der Waals surface area contributed by atoms with E-state index in [2.05, 4.69) is 26.3 Å². The van der Waals surface area contributed by atoms with Crippen LogP contribution < -0.4 is 5.32 Å². The molecule has 0 radical (unpaired) electrons. The lowest BCUT2D eigenvalue weighted by atomic mass is 10.1. The molecule has 0 amide bonds. The van der Waals surface area contributed by atoms with E-state index in [0.717, 1.165) is 11.1 Å². The summed E-state index contributed by atoms with van der Waals surface area (Å²) in [5, 5.41) is 23.1. The largest absolute Gasteiger partial charge is 0.394 e. The molecule has 142 valence electrons. The van der Waals surface area contributed by atoms with Crippen molar-refractivity contribution < 1.29 is 5.11 Å². The van der Waals surface area contributed by atoms with Crippen LogP contribution in [0.4, 0.5) is 5.82 Å². The van der Waals surface area contributed by atoms with Gasteiger partial charge in [-0.1, -0.05) is 42.1 Å². The van der Waals surface area contributed by atoms with Crippen molar-refractivity contribution in [2.75, 3.05) is 11.9 Å². The number of thioether (sulfide) groups is 1. The lowest BCUT2D eigenvalue weighted by Gasteiger charge is -2.25. The Morgan fingerprint density at radius 1 is 1.14 bits per heavy atom. The zero-order chi connectivity index (χ0) is 20.0. The van der Waals surface area contributed by atoms with Crippen LogP contribution in [0.3, 0.4) is 0 Å². The molecule has 0 aliphatic rings. The van der Waals surface area contributed by atoms with Crippen LogP contribution in [0.15, 0.2) is 60.0 Å². The average molecular weight is 392 g/mol. The maximum Gasteiger partial charge on any atom is 0.190 e. The number of aliphatic hydroxyl groups excluding tert-OH is 1. The second-order valence-electron chi connectivity index (χ2n) is 6.87. The minimum Gasteiger partial charge on any atom is -0.394 e. The Balaban J connectivity index is 2.03. The van der Waals surface area contributed by atoms with Crippen molar-refractivity contribution in [1.29, 1.82) is 5.26 Å². The second-order valence-corrected chi connectivity index (χ2v) is 7.82. The number of rotatable bonds is 7. The molecule has 0 aliphatic heterocycles. The monoisotopic (exact) mass is 391 g/mol. The molecule has 2 N–H and O–H groups in total. The van der Waals surface area contributed by atoms with Gasteiger partial charge in [0.1, 0.15) is 17.5 Å². The van der Waals surface area contributed by atoms with E-state index in [1.165, 1.54) is 11.8 Å². The number of benzene rings is 1. The molecule has 2 aromatic heterocycles. The van der Waals surface area contributed by atoms with Gasteiger partial charge in [-0.3, -0.25) is 4.98 Å². The maximum atomic E-state index is 9.77. The third kappa shape index (κ3) is 4.85. The fourth-order valence-electron chi connectivity index (χ4n) is 2.50. The van der Waals surface area contributed by atoms with E-state index >= 15 is 0 Å². The molecule has 3 aromatic rings.